The molecule has 4 heteroatoms. The maximum atomic E-state index is 10.8. The SMILES string of the molecule is COC1COc2ccc(C(=O)O)cc2C1. The molecule has 0 saturated heterocycles. The van der Waals surface area contributed by atoms with Crippen molar-refractivity contribution in [2.45, 2.75) is 12.5 Å². The number of hydrogen-bond acceptors (Lipinski definition) is 3. The minimum absolute atomic E-state index is 0.0153. The summed E-state index contributed by atoms with van der Waals surface area (Å²) in [6.07, 6.45) is 0.717. The van der Waals surface area contributed by atoms with Gasteiger partial charge >= 0.3 is 5.97 Å². The number of carboxylic acid groups (broad SMARTS) is 1. The Morgan fingerprint density at radius 3 is 3.07 bits per heavy atom. The van der Waals surface area contributed by atoms with Crippen molar-refractivity contribution in [2.75, 3.05) is 13.7 Å². The van der Waals surface area contributed by atoms with Crippen molar-refractivity contribution >= 4 is 5.97 Å². The van der Waals surface area contributed by atoms with Crippen molar-refractivity contribution in [1.82, 2.24) is 0 Å². The number of methoxy groups -OCH3 is 1. The first-order valence-electron chi connectivity index (χ1n) is 4.72. The molecule has 4 nitrogen and oxygen atoms in total. The molecule has 0 aromatic heterocycles. The molecule has 1 aliphatic heterocycles. The molecule has 0 saturated carbocycles. The molecule has 0 bridgehead atoms. The van der Waals surface area contributed by atoms with Crippen molar-refractivity contribution in [3.8, 4) is 5.75 Å². The fourth-order valence-electron chi connectivity index (χ4n) is 1.65. The van der Waals surface area contributed by atoms with Crippen LogP contribution in [0.2, 0.25) is 0 Å². The van der Waals surface area contributed by atoms with Crippen LogP contribution in [0.25, 0.3) is 0 Å². The van der Waals surface area contributed by atoms with Crippen molar-refractivity contribution < 1.29 is 19.4 Å². The molecule has 0 spiro atoms. The second kappa shape index (κ2) is 3.90. The van der Waals surface area contributed by atoms with E-state index in [1.165, 1.54) is 0 Å². The lowest BCUT2D eigenvalue weighted by atomic mass is 10.0. The summed E-state index contributed by atoms with van der Waals surface area (Å²) < 4.78 is 10.6. The molecule has 1 aliphatic rings. The molecule has 0 radical (unpaired) electrons. The molecule has 1 atom stereocenters. The van der Waals surface area contributed by atoms with Crippen LogP contribution >= 0.6 is 0 Å². The van der Waals surface area contributed by atoms with Gasteiger partial charge in [-0.15, -0.1) is 0 Å². The summed E-state index contributed by atoms with van der Waals surface area (Å²) in [5.41, 5.74) is 1.18. The van der Waals surface area contributed by atoms with Gasteiger partial charge in [-0.05, 0) is 23.8 Å². The molecule has 0 amide bonds. The Labute approximate surface area is 87.4 Å². The molecular weight excluding hydrogens is 196 g/mol. The number of carboxylic acids is 1. The number of fused-ring (bicyclic) bond motifs is 1. The normalized spacial score (nSPS) is 19.1. The monoisotopic (exact) mass is 208 g/mol. The lowest BCUT2D eigenvalue weighted by molar-refractivity contribution is 0.0466. The van der Waals surface area contributed by atoms with Gasteiger partial charge in [0.15, 0.2) is 0 Å². The van der Waals surface area contributed by atoms with Gasteiger partial charge < -0.3 is 14.6 Å². The van der Waals surface area contributed by atoms with Crippen molar-refractivity contribution in [3.63, 3.8) is 0 Å². The van der Waals surface area contributed by atoms with E-state index in [1.54, 1.807) is 25.3 Å². The van der Waals surface area contributed by atoms with Gasteiger partial charge in [-0.1, -0.05) is 0 Å². The van der Waals surface area contributed by atoms with Crippen molar-refractivity contribution in [2.24, 2.45) is 0 Å². The molecule has 0 fully saturated rings. The third kappa shape index (κ3) is 1.94. The molecule has 15 heavy (non-hydrogen) atoms. The summed E-state index contributed by atoms with van der Waals surface area (Å²) in [4.78, 5) is 10.8. The van der Waals surface area contributed by atoms with Crippen molar-refractivity contribution in [3.05, 3.63) is 29.3 Å². The van der Waals surface area contributed by atoms with Gasteiger partial charge in [0.1, 0.15) is 12.4 Å². The van der Waals surface area contributed by atoms with Crippen LogP contribution < -0.4 is 4.74 Å². The topological polar surface area (TPSA) is 55.8 Å². The summed E-state index contributed by atoms with van der Waals surface area (Å²) in [6.45, 7) is 0.524. The van der Waals surface area contributed by atoms with Gasteiger partial charge in [0.2, 0.25) is 0 Å². The Morgan fingerprint density at radius 1 is 1.60 bits per heavy atom. The highest BCUT2D eigenvalue weighted by Crippen LogP contribution is 2.26. The minimum Gasteiger partial charge on any atom is -0.491 e. The zero-order valence-corrected chi connectivity index (χ0v) is 8.40. The van der Waals surface area contributed by atoms with E-state index in [9.17, 15) is 4.79 Å². The Bertz CT molecular complexity index is 386. The van der Waals surface area contributed by atoms with Crippen LogP contribution in [-0.4, -0.2) is 30.9 Å². The van der Waals surface area contributed by atoms with Gasteiger partial charge in [-0.2, -0.15) is 0 Å². The van der Waals surface area contributed by atoms with E-state index in [4.69, 9.17) is 14.6 Å². The van der Waals surface area contributed by atoms with Crippen LogP contribution in [0, 0.1) is 0 Å². The second-order valence-electron chi connectivity index (χ2n) is 3.50. The zero-order valence-electron chi connectivity index (χ0n) is 8.40. The number of aromatic carboxylic acids is 1. The lowest BCUT2D eigenvalue weighted by Crippen LogP contribution is -2.27. The molecular formula is C11H12O4. The third-order valence-corrected chi connectivity index (χ3v) is 2.51. The van der Waals surface area contributed by atoms with E-state index in [1.807, 2.05) is 0 Å². The Morgan fingerprint density at radius 2 is 2.40 bits per heavy atom. The fourth-order valence-corrected chi connectivity index (χ4v) is 1.65. The smallest absolute Gasteiger partial charge is 0.335 e. The molecule has 1 aromatic rings. The summed E-state index contributed by atoms with van der Waals surface area (Å²) in [7, 11) is 1.63. The molecule has 1 aromatic carbocycles. The molecule has 80 valence electrons. The highest BCUT2D eigenvalue weighted by atomic mass is 16.5. The maximum absolute atomic E-state index is 10.8. The van der Waals surface area contributed by atoms with Crippen LogP contribution in [0.15, 0.2) is 18.2 Å². The summed E-state index contributed by atoms with van der Waals surface area (Å²) in [5.74, 6) is -0.161. The van der Waals surface area contributed by atoms with E-state index >= 15 is 0 Å². The van der Waals surface area contributed by atoms with Crippen LogP contribution in [-0.2, 0) is 11.2 Å². The lowest BCUT2D eigenvalue weighted by Gasteiger charge is -2.24. The van der Waals surface area contributed by atoms with Crippen LogP contribution in [0.3, 0.4) is 0 Å². The van der Waals surface area contributed by atoms with Gasteiger partial charge in [-0.25, -0.2) is 4.79 Å². The predicted octanol–water partition coefficient (Wildman–Crippen LogP) is 1.33. The van der Waals surface area contributed by atoms with Crippen LogP contribution in [0.4, 0.5) is 0 Å². The Balaban J connectivity index is 2.30. The first-order valence-corrected chi connectivity index (χ1v) is 4.72. The quantitative estimate of drug-likeness (QED) is 0.796. The largest absolute Gasteiger partial charge is 0.491 e. The third-order valence-electron chi connectivity index (χ3n) is 2.51. The number of carbonyl (C=O) groups is 1. The zero-order chi connectivity index (χ0) is 10.8. The molecule has 0 aliphatic carbocycles. The second-order valence-corrected chi connectivity index (χ2v) is 3.50. The first kappa shape index (κ1) is 9.98. The average molecular weight is 208 g/mol. The fraction of sp³-hybridized carbons (Fsp3) is 0.364. The molecule has 2 rings (SSSR count). The number of ether oxygens (including phenoxy) is 2. The number of rotatable bonds is 2. The minimum atomic E-state index is -0.919. The first-order chi connectivity index (χ1) is 7.20. The highest BCUT2D eigenvalue weighted by molar-refractivity contribution is 5.88. The summed E-state index contributed by atoms with van der Waals surface area (Å²) >= 11 is 0. The molecule has 1 heterocycles. The summed E-state index contributed by atoms with van der Waals surface area (Å²) in [6, 6.07) is 4.89. The Hall–Kier alpha value is -1.55. The van der Waals surface area contributed by atoms with Gasteiger partial charge in [0.25, 0.3) is 0 Å². The molecule has 1 unspecified atom stereocenters. The van der Waals surface area contributed by atoms with E-state index in [2.05, 4.69) is 0 Å². The highest BCUT2D eigenvalue weighted by Gasteiger charge is 2.20. The maximum Gasteiger partial charge on any atom is 0.335 e. The van der Waals surface area contributed by atoms with Gasteiger partial charge in [0.05, 0.1) is 11.7 Å². The Kier molecular flexibility index (Phi) is 2.60. The summed E-state index contributed by atoms with van der Waals surface area (Å²) in [5, 5.41) is 8.84. The standard InChI is InChI=1S/C11H12O4/c1-14-9-5-8-4-7(11(12)13)2-3-10(8)15-6-9/h2-4,9H,5-6H2,1H3,(H,12,13). The number of hydrogen-bond donors (Lipinski definition) is 1. The van der Waals surface area contributed by atoms with E-state index in [0.29, 0.717) is 13.0 Å². The number of benzene rings is 1. The molecule has 1 N–H and O–H groups in total. The van der Waals surface area contributed by atoms with Crippen LogP contribution in [0.1, 0.15) is 15.9 Å². The van der Waals surface area contributed by atoms with E-state index < -0.39 is 5.97 Å². The van der Waals surface area contributed by atoms with Gasteiger partial charge in [0, 0.05) is 13.5 Å². The predicted molar refractivity (Wildman–Crippen MR) is 53.4 cm³/mol. The van der Waals surface area contributed by atoms with Gasteiger partial charge in [-0.3, -0.25) is 0 Å². The average Bonchev–Trinajstić information content (AvgIpc) is 2.27. The van der Waals surface area contributed by atoms with E-state index in [-0.39, 0.29) is 11.7 Å². The van der Waals surface area contributed by atoms with Crippen molar-refractivity contribution in [1.29, 1.82) is 0 Å². The van der Waals surface area contributed by atoms with Crippen LogP contribution in [0.5, 0.6) is 5.75 Å². The van der Waals surface area contributed by atoms with E-state index in [0.717, 1.165) is 11.3 Å².